The molecule has 5 aromatic rings. The molecule has 4 atom stereocenters. The van der Waals surface area contributed by atoms with Crippen LogP contribution in [0.1, 0.15) is 53.3 Å². The van der Waals surface area contributed by atoms with Gasteiger partial charge >= 0.3 is 5.69 Å². The fraction of sp³-hybridized carbons (Fsp3) is 0.333. The summed E-state index contributed by atoms with van der Waals surface area (Å²) in [7, 11) is -6.27. The van der Waals surface area contributed by atoms with Gasteiger partial charge in [-0.3, -0.25) is 14.3 Å². The van der Waals surface area contributed by atoms with Crippen molar-refractivity contribution < 1.29 is 18.7 Å². The zero-order chi connectivity index (χ0) is 37.3. The highest BCUT2D eigenvalue weighted by molar-refractivity contribution is 7.00. The van der Waals surface area contributed by atoms with Crippen molar-refractivity contribution in [3.05, 3.63) is 154 Å². The lowest BCUT2D eigenvalue weighted by Crippen LogP contribution is -2.69. The average Bonchev–Trinajstić information content (AvgIpc) is 3.43. The van der Waals surface area contributed by atoms with E-state index in [1.54, 1.807) is 6.92 Å². The second-order valence-corrected chi connectivity index (χ2v) is 24.3. The predicted octanol–water partition coefficient (Wildman–Crippen LogP) is 4.63. The van der Waals surface area contributed by atoms with E-state index in [-0.39, 0.29) is 11.6 Å². The standard InChI is InChI=1S/C42H50N2O6Si2/c1-30-28-44(40(47)43-38(30)46)39-36(45)37(50-52(42(5,6)7,33-24-16-10-17-25-33)34-26-18-11-19-27-34)35(49-39)29-48-51(41(2,3)4,31-20-12-8-13-21-31)32-22-14-9-15-23-32/h8-28,35-37,39,45H,29H2,1-7H3,(H,43,46,47)/t35-,36+,37-,39-/m1/s1. The Labute approximate surface area is 308 Å². The smallest absolute Gasteiger partial charge is 0.330 e. The Bertz CT molecular complexity index is 1980. The van der Waals surface area contributed by atoms with E-state index in [1.165, 1.54) is 10.8 Å². The molecule has 2 N–H and O–H groups in total. The molecule has 8 nitrogen and oxygen atoms in total. The summed E-state index contributed by atoms with van der Waals surface area (Å²) in [6, 6.07) is 41.2. The minimum absolute atomic E-state index is 0.0841. The highest BCUT2D eigenvalue weighted by Gasteiger charge is 2.58. The van der Waals surface area contributed by atoms with Gasteiger partial charge in [0.25, 0.3) is 22.2 Å². The molecular formula is C42H50N2O6Si2. The number of nitrogens with zero attached hydrogens (tertiary/aromatic N) is 1. The van der Waals surface area contributed by atoms with E-state index < -0.39 is 57.5 Å². The van der Waals surface area contributed by atoms with Gasteiger partial charge in [0.2, 0.25) is 0 Å². The lowest BCUT2D eigenvalue weighted by molar-refractivity contribution is -0.0525. The van der Waals surface area contributed by atoms with Crippen LogP contribution in [0, 0.1) is 6.92 Å². The number of aliphatic hydroxyl groups excluding tert-OH is 1. The van der Waals surface area contributed by atoms with Crippen molar-refractivity contribution in [1.29, 1.82) is 0 Å². The first kappa shape index (κ1) is 37.6. The van der Waals surface area contributed by atoms with Crippen LogP contribution in [0.15, 0.2) is 137 Å². The summed E-state index contributed by atoms with van der Waals surface area (Å²) in [6.45, 7) is 14.9. The maximum atomic E-state index is 13.3. The van der Waals surface area contributed by atoms with E-state index in [9.17, 15) is 14.7 Å². The number of aromatic nitrogens is 2. The number of aromatic amines is 1. The molecule has 52 heavy (non-hydrogen) atoms. The number of ether oxygens (including phenoxy) is 1. The molecule has 1 saturated heterocycles. The van der Waals surface area contributed by atoms with Crippen molar-refractivity contribution in [2.45, 2.75) is 83.1 Å². The number of aryl methyl sites for hydroxylation is 1. The van der Waals surface area contributed by atoms with Crippen LogP contribution in [0.4, 0.5) is 0 Å². The van der Waals surface area contributed by atoms with Crippen LogP contribution in [0.3, 0.4) is 0 Å². The van der Waals surface area contributed by atoms with Gasteiger partial charge in [-0.05, 0) is 37.7 Å². The van der Waals surface area contributed by atoms with Gasteiger partial charge in [0.15, 0.2) is 6.23 Å². The van der Waals surface area contributed by atoms with Gasteiger partial charge in [0.05, 0.1) is 6.61 Å². The fourth-order valence-electron chi connectivity index (χ4n) is 7.87. The third kappa shape index (κ3) is 6.75. The monoisotopic (exact) mass is 734 g/mol. The van der Waals surface area contributed by atoms with Crippen LogP contribution in [-0.4, -0.2) is 56.2 Å². The van der Waals surface area contributed by atoms with E-state index in [4.69, 9.17) is 13.6 Å². The number of nitrogens with one attached hydrogen (secondary N) is 1. The van der Waals surface area contributed by atoms with E-state index in [0.717, 1.165) is 20.7 Å². The molecule has 272 valence electrons. The number of H-pyrrole nitrogens is 1. The molecule has 0 aliphatic carbocycles. The Morgan fingerprint density at radius 3 is 1.50 bits per heavy atom. The van der Waals surface area contributed by atoms with Gasteiger partial charge in [-0.25, -0.2) is 4.79 Å². The average molecular weight is 735 g/mol. The molecule has 1 aliphatic rings. The van der Waals surface area contributed by atoms with Gasteiger partial charge in [0, 0.05) is 11.8 Å². The SMILES string of the molecule is Cc1cn([C@@H]2O[C@H](CO[Si](c3ccccc3)(c3ccccc3)C(C)(C)C)[C@@H](O[Si](c3ccccc3)(c3ccccc3)C(C)(C)C)[C@@H]2O)c(=O)[nH]c1=O. The van der Waals surface area contributed by atoms with Crippen molar-refractivity contribution in [3.63, 3.8) is 0 Å². The molecule has 0 spiro atoms. The molecule has 0 amide bonds. The normalized spacial score (nSPS) is 19.8. The quantitative estimate of drug-likeness (QED) is 0.203. The number of benzene rings is 4. The van der Waals surface area contributed by atoms with Gasteiger partial charge in [-0.2, -0.15) is 0 Å². The Kier molecular flexibility index (Phi) is 10.6. The van der Waals surface area contributed by atoms with E-state index in [1.807, 2.05) is 72.8 Å². The molecule has 0 radical (unpaired) electrons. The lowest BCUT2D eigenvalue weighted by atomic mass is 10.1. The molecule has 0 saturated carbocycles. The van der Waals surface area contributed by atoms with Crippen LogP contribution in [-0.2, 0) is 13.6 Å². The fourth-order valence-corrected chi connectivity index (χ4v) is 17.2. The first-order valence-electron chi connectivity index (χ1n) is 17.9. The molecule has 1 aliphatic heterocycles. The summed E-state index contributed by atoms with van der Waals surface area (Å²) in [5, 5.41) is 16.0. The molecule has 0 unspecified atom stereocenters. The molecule has 10 heteroatoms. The predicted molar refractivity (Wildman–Crippen MR) is 212 cm³/mol. The van der Waals surface area contributed by atoms with Gasteiger partial charge < -0.3 is 18.7 Å². The second kappa shape index (κ2) is 14.7. The van der Waals surface area contributed by atoms with Crippen molar-refractivity contribution in [3.8, 4) is 0 Å². The van der Waals surface area contributed by atoms with Crippen molar-refractivity contribution in [2.75, 3.05) is 6.61 Å². The molecule has 1 fully saturated rings. The third-order valence-corrected chi connectivity index (χ3v) is 20.4. The zero-order valence-electron chi connectivity index (χ0n) is 31.1. The summed E-state index contributed by atoms with van der Waals surface area (Å²) in [5.41, 5.74) is -0.829. The number of aliphatic hydroxyl groups is 1. The Balaban J connectivity index is 1.52. The topological polar surface area (TPSA) is 103 Å². The van der Waals surface area contributed by atoms with Gasteiger partial charge in [0.1, 0.15) is 18.3 Å². The second-order valence-electron chi connectivity index (χ2n) is 15.8. The highest BCUT2D eigenvalue weighted by atomic mass is 28.4. The Hall–Kier alpha value is -4.17. The first-order valence-corrected chi connectivity index (χ1v) is 21.7. The molecule has 2 heterocycles. The molecular weight excluding hydrogens is 685 g/mol. The number of hydrogen-bond acceptors (Lipinski definition) is 6. The van der Waals surface area contributed by atoms with Crippen LogP contribution in [0.25, 0.3) is 0 Å². The number of rotatable bonds is 10. The summed E-state index contributed by atoms with van der Waals surface area (Å²) >= 11 is 0. The van der Waals surface area contributed by atoms with E-state index in [2.05, 4.69) is 95.1 Å². The zero-order valence-corrected chi connectivity index (χ0v) is 33.1. The summed E-state index contributed by atoms with van der Waals surface area (Å²) in [4.78, 5) is 28.1. The molecule has 6 rings (SSSR count). The highest BCUT2D eigenvalue weighted by Crippen LogP contribution is 2.42. The van der Waals surface area contributed by atoms with E-state index >= 15 is 0 Å². The van der Waals surface area contributed by atoms with Crippen LogP contribution in [0.2, 0.25) is 10.1 Å². The minimum Gasteiger partial charge on any atom is -0.405 e. The minimum atomic E-state index is -3.23. The Morgan fingerprint density at radius 2 is 1.10 bits per heavy atom. The summed E-state index contributed by atoms with van der Waals surface area (Å²) < 4.78 is 23.0. The van der Waals surface area contributed by atoms with Crippen LogP contribution < -0.4 is 32.0 Å². The van der Waals surface area contributed by atoms with Gasteiger partial charge in [-0.1, -0.05) is 163 Å². The van der Waals surface area contributed by atoms with Crippen LogP contribution >= 0.6 is 0 Å². The lowest BCUT2D eigenvalue weighted by Gasteiger charge is -2.46. The molecule has 0 bridgehead atoms. The molecule has 4 aromatic carbocycles. The van der Waals surface area contributed by atoms with E-state index in [0.29, 0.717) is 5.56 Å². The largest absolute Gasteiger partial charge is 0.405 e. The van der Waals surface area contributed by atoms with Crippen molar-refractivity contribution >= 4 is 37.4 Å². The van der Waals surface area contributed by atoms with Crippen molar-refractivity contribution in [2.24, 2.45) is 0 Å². The third-order valence-electron chi connectivity index (χ3n) is 10.3. The summed E-state index contributed by atoms with van der Waals surface area (Å²) in [5.74, 6) is 0. The van der Waals surface area contributed by atoms with Crippen LogP contribution in [0.5, 0.6) is 0 Å². The maximum absolute atomic E-state index is 13.3. The van der Waals surface area contributed by atoms with Gasteiger partial charge in [-0.15, -0.1) is 0 Å². The van der Waals surface area contributed by atoms with Crippen molar-refractivity contribution in [1.82, 2.24) is 9.55 Å². The molecule has 1 aromatic heterocycles. The summed E-state index contributed by atoms with van der Waals surface area (Å²) in [6.07, 6.45) is -2.67. The number of hydrogen-bond donors (Lipinski definition) is 2. The first-order chi connectivity index (χ1) is 24.7. The maximum Gasteiger partial charge on any atom is 0.330 e. The Morgan fingerprint density at radius 1 is 0.692 bits per heavy atom.